The molecule has 4 rings (SSSR count). The van der Waals surface area contributed by atoms with Crippen LogP contribution in [-0.4, -0.2) is 36.3 Å². The zero-order chi connectivity index (χ0) is 22.9. The minimum absolute atomic E-state index is 0.00905. The molecular formula is C23H27N3O4S2. The number of carbonyl (C=O) groups excluding carboxylic acids is 1. The van der Waals surface area contributed by atoms with Crippen LogP contribution in [-0.2, 0) is 27.1 Å². The van der Waals surface area contributed by atoms with Crippen LogP contribution in [0.4, 0.5) is 5.69 Å². The Bertz CT molecular complexity index is 1300. The van der Waals surface area contributed by atoms with E-state index in [9.17, 15) is 18.0 Å². The lowest BCUT2D eigenvalue weighted by atomic mass is 9.97. The van der Waals surface area contributed by atoms with Crippen LogP contribution in [0, 0.1) is 12.8 Å². The van der Waals surface area contributed by atoms with E-state index >= 15 is 0 Å². The number of aromatic nitrogens is 1. The monoisotopic (exact) mass is 473 g/mol. The van der Waals surface area contributed by atoms with E-state index in [0.717, 1.165) is 21.3 Å². The highest BCUT2D eigenvalue weighted by Crippen LogP contribution is 2.25. The fourth-order valence-corrected chi connectivity index (χ4v) is 6.73. The maximum Gasteiger partial charge on any atom is 0.308 e. The third-order valence-electron chi connectivity index (χ3n) is 5.90. The van der Waals surface area contributed by atoms with E-state index in [1.54, 1.807) is 10.6 Å². The molecule has 0 unspecified atom stereocenters. The van der Waals surface area contributed by atoms with Crippen molar-refractivity contribution in [3.8, 4) is 0 Å². The second kappa shape index (κ2) is 9.17. The number of rotatable bonds is 6. The van der Waals surface area contributed by atoms with Crippen molar-refractivity contribution in [2.24, 2.45) is 5.92 Å². The molecule has 1 amide bonds. The van der Waals surface area contributed by atoms with E-state index in [2.05, 4.69) is 5.32 Å². The number of anilines is 1. The zero-order valence-corrected chi connectivity index (χ0v) is 19.8. The molecule has 0 atom stereocenters. The van der Waals surface area contributed by atoms with Crippen LogP contribution < -0.4 is 10.2 Å². The summed E-state index contributed by atoms with van der Waals surface area (Å²) in [6, 6.07) is 13.0. The topological polar surface area (TPSA) is 88.5 Å². The molecule has 3 aromatic rings. The quantitative estimate of drug-likeness (QED) is 0.593. The number of thiazole rings is 1. The Morgan fingerprint density at radius 1 is 1.16 bits per heavy atom. The lowest BCUT2D eigenvalue weighted by Gasteiger charge is -2.30. The Labute approximate surface area is 191 Å². The molecule has 7 nitrogen and oxygen atoms in total. The van der Waals surface area contributed by atoms with Crippen LogP contribution in [0.15, 0.2) is 47.3 Å². The summed E-state index contributed by atoms with van der Waals surface area (Å²) in [4.78, 5) is 24.8. The molecule has 2 aromatic carbocycles. The number of carbonyl (C=O) groups is 1. The van der Waals surface area contributed by atoms with Gasteiger partial charge in [0.05, 0.1) is 16.0 Å². The average Bonchev–Trinajstić information content (AvgIpc) is 3.07. The summed E-state index contributed by atoms with van der Waals surface area (Å²) in [5, 5.41) is 2.94. The second-order valence-electron chi connectivity index (χ2n) is 8.20. The van der Waals surface area contributed by atoms with Gasteiger partial charge in [-0.25, -0.2) is 12.7 Å². The first-order valence-corrected chi connectivity index (χ1v) is 13.2. The molecule has 0 radical (unpaired) electrons. The highest BCUT2D eigenvalue weighted by atomic mass is 32.2. The molecule has 170 valence electrons. The van der Waals surface area contributed by atoms with Crippen LogP contribution in [0.25, 0.3) is 10.2 Å². The van der Waals surface area contributed by atoms with Crippen molar-refractivity contribution in [1.29, 1.82) is 0 Å². The number of nitrogens with zero attached hydrogens (tertiary/aromatic N) is 2. The first-order chi connectivity index (χ1) is 15.3. The van der Waals surface area contributed by atoms with Gasteiger partial charge in [-0.05, 0) is 50.5 Å². The number of hydrogen-bond donors (Lipinski definition) is 1. The summed E-state index contributed by atoms with van der Waals surface area (Å²) in [6.07, 6.45) is 0.974. The van der Waals surface area contributed by atoms with E-state index in [1.165, 1.54) is 15.6 Å². The van der Waals surface area contributed by atoms with E-state index in [1.807, 2.05) is 50.2 Å². The molecule has 2 heterocycles. The lowest BCUT2D eigenvalue weighted by Crippen LogP contribution is -2.41. The fraction of sp³-hybridized carbons (Fsp3) is 0.391. The minimum Gasteiger partial charge on any atom is -0.326 e. The molecule has 0 saturated carbocycles. The Morgan fingerprint density at radius 2 is 1.91 bits per heavy atom. The predicted octanol–water partition coefficient (Wildman–Crippen LogP) is 3.57. The molecule has 0 aliphatic carbocycles. The van der Waals surface area contributed by atoms with Crippen molar-refractivity contribution in [3.05, 3.63) is 63.3 Å². The van der Waals surface area contributed by atoms with Crippen molar-refractivity contribution in [1.82, 2.24) is 8.87 Å². The predicted molar refractivity (Wildman–Crippen MR) is 128 cm³/mol. The van der Waals surface area contributed by atoms with Crippen molar-refractivity contribution in [2.45, 2.75) is 39.0 Å². The summed E-state index contributed by atoms with van der Waals surface area (Å²) in [5.41, 5.74) is 3.33. The number of fused-ring (bicyclic) bond motifs is 1. The fourth-order valence-electron chi connectivity index (χ4n) is 4.19. The van der Waals surface area contributed by atoms with E-state index in [0.29, 0.717) is 38.2 Å². The maximum atomic E-state index is 12.8. The molecule has 1 saturated heterocycles. The smallest absolute Gasteiger partial charge is 0.308 e. The first kappa shape index (κ1) is 22.7. The Balaban J connectivity index is 1.37. The Morgan fingerprint density at radius 3 is 2.59 bits per heavy atom. The molecule has 1 aliphatic heterocycles. The van der Waals surface area contributed by atoms with Gasteiger partial charge < -0.3 is 5.32 Å². The summed E-state index contributed by atoms with van der Waals surface area (Å²) < 4.78 is 29.7. The molecule has 1 N–H and O–H groups in total. The largest absolute Gasteiger partial charge is 0.326 e. The van der Waals surface area contributed by atoms with Gasteiger partial charge in [0.1, 0.15) is 0 Å². The maximum absolute atomic E-state index is 12.8. The lowest BCUT2D eigenvalue weighted by molar-refractivity contribution is -0.120. The number of amides is 1. The van der Waals surface area contributed by atoms with Crippen LogP contribution >= 0.6 is 11.3 Å². The van der Waals surface area contributed by atoms with Gasteiger partial charge in [-0.15, -0.1) is 0 Å². The van der Waals surface area contributed by atoms with Gasteiger partial charge in [0.15, 0.2) is 0 Å². The van der Waals surface area contributed by atoms with E-state index < -0.39 is 10.0 Å². The van der Waals surface area contributed by atoms with Gasteiger partial charge >= 0.3 is 4.87 Å². The summed E-state index contributed by atoms with van der Waals surface area (Å²) in [5.74, 6) is -0.372. The number of aryl methyl sites for hydroxylation is 2. The van der Waals surface area contributed by atoms with Gasteiger partial charge in [-0.1, -0.05) is 41.2 Å². The Hall–Kier alpha value is -2.49. The Kier molecular flexibility index (Phi) is 6.50. The number of piperidine rings is 1. The van der Waals surface area contributed by atoms with E-state index in [4.69, 9.17) is 0 Å². The molecule has 9 heteroatoms. The van der Waals surface area contributed by atoms with Crippen molar-refractivity contribution >= 4 is 43.2 Å². The summed E-state index contributed by atoms with van der Waals surface area (Å²) >= 11 is 1.17. The third-order valence-corrected chi connectivity index (χ3v) is 8.69. The van der Waals surface area contributed by atoms with Gasteiger partial charge in [-0.3, -0.25) is 14.2 Å². The summed E-state index contributed by atoms with van der Waals surface area (Å²) in [6.45, 7) is 5.16. The third kappa shape index (κ3) is 4.79. The van der Waals surface area contributed by atoms with Crippen LogP contribution in [0.3, 0.4) is 0 Å². The second-order valence-corrected chi connectivity index (χ2v) is 11.2. The van der Waals surface area contributed by atoms with Gasteiger partial charge in [0, 0.05) is 31.2 Å². The van der Waals surface area contributed by atoms with E-state index in [-0.39, 0.29) is 22.5 Å². The zero-order valence-electron chi connectivity index (χ0n) is 18.2. The number of hydrogen-bond acceptors (Lipinski definition) is 5. The van der Waals surface area contributed by atoms with Crippen molar-refractivity contribution in [3.63, 3.8) is 0 Å². The molecule has 32 heavy (non-hydrogen) atoms. The van der Waals surface area contributed by atoms with Gasteiger partial charge in [-0.2, -0.15) is 0 Å². The molecule has 0 spiro atoms. The molecule has 1 fully saturated rings. The highest BCUT2D eigenvalue weighted by molar-refractivity contribution is 7.88. The first-order valence-electron chi connectivity index (χ1n) is 10.7. The number of nitrogens with one attached hydrogen (secondary N) is 1. The van der Waals surface area contributed by atoms with Crippen molar-refractivity contribution < 1.29 is 13.2 Å². The molecule has 1 aliphatic rings. The molecule has 0 bridgehead atoms. The average molecular weight is 474 g/mol. The number of benzene rings is 2. The molecule has 1 aromatic heterocycles. The van der Waals surface area contributed by atoms with Crippen LogP contribution in [0.5, 0.6) is 0 Å². The SMILES string of the molecule is CCn1c(=O)sc2cc(NC(=O)C3CCN(S(=O)(=O)Cc4cccc(C)c4)CC3)ccc21. The molecular weight excluding hydrogens is 446 g/mol. The minimum atomic E-state index is -3.42. The summed E-state index contributed by atoms with van der Waals surface area (Å²) in [7, 11) is -3.42. The van der Waals surface area contributed by atoms with Crippen LogP contribution in [0.2, 0.25) is 0 Å². The normalized spacial score (nSPS) is 15.8. The number of sulfonamides is 1. The standard InChI is InChI=1S/C23H27N3O4S2/c1-3-26-20-8-7-19(14-21(20)31-23(26)28)24-22(27)18-9-11-25(12-10-18)32(29,30)15-17-6-4-5-16(2)13-17/h4-8,13-14,18H,3,9-12,15H2,1-2H3,(H,24,27). The van der Waals surface area contributed by atoms with Gasteiger partial charge in [0.25, 0.3) is 0 Å². The van der Waals surface area contributed by atoms with Crippen molar-refractivity contribution in [2.75, 3.05) is 18.4 Å². The highest BCUT2D eigenvalue weighted by Gasteiger charge is 2.31. The van der Waals surface area contributed by atoms with Gasteiger partial charge in [0.2, 0.25) is 15.9 Å². The van der Waals surface area contributed by atoms with Crippen LogP contribution in [0.1, 0.15) is 30.9 Å².